The van der Waals surface area contributed by atoms with E-state index in [1.165, 1.54) is 0 Å². The molecule has 0 radical (unpaired) electrons. The monoisotopic (exact) mass is 352 g/mol. The van der Waals surface area contributed by atoms with Crippen molar-refractivity contribution in [2.45, 2.75) is 46.3 Å². The van der Waals surface area contributed by atoms with Gasteiger partial charge in [0.2, 0.25) is 0 Å². The Labute approximate surface area is 150 Å². The van der Waals surface area contributed by atoms with Crippen LogP contribution in [0.2, 0.25) is 0 Å². The molecule has 0 aliphatic heterocycles. The Balaban J connectivity index is 2.12. The van der Waals surface area contributed by atoms with Crippen LogP contribution in [0.15, 0.2) is 23.5 Å². The van der Waals surface area contributed by atoms with Gasteiger partial charge >= 0.3 is 6.09 Å². The predicted octanol–water partition coefficient (Wildman–Crippen LogP) is 1.60. The lowest BCUT2D eigenvalue weighted by atomic mass is 10.2. The van der Waals surface area contributed by atoms with E-state index in [1.54, 1.807) is 13.2 Å². The molecule has 0 aliphatic rings. The number of nitrogens with one attached hydrogen (secondary N) is 3. The third-order valence-electron chi connectivity index (χ3n) is 3.21. The van der Waals surface area contributed by atoms with Crippen molar-refractivity contribution in [2.75, 3.05) is 26.7 Å². The molecule has 1 rings (SSSR count). The maximum Gasteiger partial charge on any atom is 0.407 e. The maximum atomic E-state index is 11.5. The molecule has 0 bridgehead atoms. The number of amides is 1. The topological polar surface area (TPSA) is 92.6 Å². The van der Waals surface area contributed by atoms with Crippen molar-refractivity contribution in [3.05, 3.63) is 18.5 Å². The predicted molar refractivity (Wildman–Crippen MR) is 99.6 cm³/mol. The van der Waals surface area contributed by atoms with Crippen molar-refractivity contribution in [3.63, 3.8) is 0 Å². The second-order valence-electron chi connectivity index (χ2n) is 7.00. The van der Waals surface area contributed by atoms with Crippen LogP contribution in [0.1, 0.15) is 34.1 Å². The Morgan fingerprint density at radius 1 is 1.28 bits per heavy atom. The summed E-state index contributed by atoms with van der Waals surface area (Å²) in [7, 11) is 1.74. The van der Waals surface area contributed by atoms with Crippen molar-refractivity contribution in [3.8, 4) is 0 Å². The second-order valence-corrected chi connectivity index (χ2v) is 7.00. The molecule has 1 heterocycles. The summed E-state index contributed by atoms with van der Waals surface area (Å²) in [5.74, 6) is 1.18. The maximum absolute atomic E-state index is 11.5. The Hall–Kier alpha value is -2.25. The van der Waals surface area contributed by atoms with Gasteiger partial charge in [-0.1, -0.05) is 6.92 Å². The minimum atomic E-state index is -0.471. The van der Waals surface area contributed by atoms with Crippen molar-refractivity contribution in [2.24, 2.45) is 10.9 Å². The molecule has 1 aromatic rings. The fourth-order valence-corrected chi connectivity index (χ4v) is 2.08. The molecule has 1 aromatic heterocycles. The minimum absolute atomic E-state index is 0.387. The highest BCUT2D eigenvalue weighted by atomic mass is 16.6. The first-order chi connectivity index (χ1) is 11.8. The van der Waals surface area contributed by atoms with Crippen LogP contribution in [-0.2, 0) is 11.3 Å². The van der Waals surface area contributed by atoms with E-state index in [9.17, 15) is 4.79 Å². The highest BCUT2D eigenvalue weighted by Crippen LogP contribution is 2.06. The van der Waals surface area contributed by atoms with Crippen LogP contribution in [0.4, 0.5) is 4.79 Å². The Morgan fingerprint density at radius 3 is 2.60 bits per heavy atom. The van der Waals surface area contributed by atoms with Gasteiger partial charge in [-0.15, -0.1) is 0 Å². The van der Waals surface area contributed by atoms with E-state index in [0.29, 0.717) is 19.0 Å². The van der Waals surface area contributed by atoms with Crippen LogP contribution in [0.5, 0.6) is 0 Å². The van der Waals surface area contributed by atoms with E-state index < -0.39 is 5.60 Å². The average molecular weight is 352 g/mol. The number of ether oxygens (including phenoxy) is 1. The minimum Gasteiger partial charge on any atom is -0.444 e. The van der Waals surface area contributed by atoms with Crippen molar-refractivity contribution < 1.29 is 9.53 Å². The first-order valence-corrected chi connectivity index (χ1v) is 8.69. The third-order valence-corrected chi connectivity index (χ3v) is 3.21. The number of carbonyl (C=O) groups excluding carboxylic acids is 1. The number of alkyl carbamates (subject to hydrolysis) is 1. The number of aromatic nitrogens is 2. The zero-order valence-corrected chi connectivity index (χ0v) is 16.0. The van der Waals surface area contributed by atoms with Gasteiger partial charge in [0.05, 0.1) is 0 Å². The Bertz CT molecular complexity index is 522. The number of rotatable bonds is 8. The molecule has 0 saturated heterocycles. The lowest BCUT2D eigenvalue weighted by molar-refractivity contribution is 0.0527. The number of aliphatic imine (C=N–C) groups is 1. The first-order valence-electron chi connectivity index (χ1n) is 8.69. The van der Waals surface area contributed by atoms with E-state index >= 15 is 0 Å². The lowest BCUT2D eigenvalue weighted by Crippen LogP contribution is -2.41. The van der Waals surface area contributed by atoms with Gasteiger partial charge in [0.25, 0.3) is 0 Å². The molecule has 25 heavy (non-hydrogen) atoms. The average Bonchev–Trinajstić information content (AvgIpc) is 3.01. The summed E-state index contributed by atoms with van der Waals surface area (Å²) >= 11 is 0. The fourth-order valence-electron chi connectivity index (χ4n) is 2.08. The van der Waals surface area contributed by atoms with E-state index in [2.05, 4.69) is 33.0 Å². The first kappa shape index (κ1) is 20.8. The van der Waals surface area contributed by atoms with E-state index in [4.69, 9.17) is 4.74 Å². The standard InChI is InChI=1S/C17H32N6O2/c1-14(13-23-11-7-10-22-23)12-21-15(18-5)19-8-6-9-20-16(24)25-17(2,3)4/h7,10-11,14H,6,8-9,12-13H2,1-5H3,(H,20,24)(H2,18,19,21). The number of hydrogen-bond donors (Lipinski definition) is 3. The SMILES string of the molecule is CN=C(NCCCNC(=O)OC(C)(C)C)NCC(C)Cn1cccn1. The molecule has 3 N–H and O–H groups in total. The Kier molecular flexibility index (Phi) is 8.80. The molecule has 0 spiro atoms. The van der Waals surface area contributed by atoms with Crippen LogP contribution in [0.25, 0.3) is 0 Å². The summed E-state index contributed by atoms with van der Waals surface area (Å²) in [4.78, 5) is 15.7. The fraction of sp³-hybridized carbons (Fsp3) is 0.706. The number of nitrogens with zero attached hydrogens (tertiary/aromatic N) is 3. The summed E-state index contributed by atoms with van der Waals surface area (Å²) in [6.07, 6.45) is 4.14. The summed E-state index contributed by atoms with van der Waals surface area (Å²) < 4.78 is 7.10. The Morgan fingerprint density at radius 2 is 2.00 bits per heavy atom. The number of hydrogen-bond acceptors (Lipinski definition) is 4. The smallest absolute Gasteiger partial charge is 0.407 e. The highest BCUT2D eigenvalue weighted by Gasteiger charge is 2.15. The largest absolute Gasteiger partial charge is 0.444 e. The highest BCUT2D eigenvalue weighted by molar-refractivity contribution is 5.79. The van der Waals surface area contributed by atoms with Crippen LogP contribution in [-0.4, -0.2) is 54.1 Å². The van der Waals surface area contributed by atoms with Crippen LogP contribution in [0.3, 0.4) is 0 Å². The molecule has 0 fully saturated rings. The van der Waals surface area contributed by atoms with Gasteiger partial charge in [-0.2, -0.15) is 5.10 Å². The van der Waals surface area contributed by atoms with Gasteiger partial charge < -0.3 is 20.7 Å². The molecular formula is C17H32N6O2. The number of carbonyl (C=O) groups is 1. The van der Waals surface area contributed by atoms with Gasteiger partial charge in [-0.05, 0) is 39.2 Å². The van der Waals surface area contributed by atoms with Crippen LogP contribution < -0.4 is 16.0 Å². The molecule has 1 unspecified atom stereocenters. The summed E-state index contributed by atoms with van der Waals surface area (Å²) in [6.45, 7) is 10.6. The summed E-state index contributed by atoms with van der Waals surface area (Å²) in [5, 5.41) is 13.5. The second kappa shape index (κ2) is 10.6. The molecule has 1 atom stereocenters. The molecule has 0 aliphatic carbocycles. The molecule has 0 saturated carbocycles. The molecule has 0 aromatic carbocycles. The van der Waals surface area contributed by atoms with Gasteiger partial charge in [0.15, 0.2) is 5.96 Å². The van der Waals surface area contributed by atoms with Gasteiger partial charge in [-0.25, -0.2) is 4.79 Å². The van der Waals surface area contributed by atoms with Gasteiger partial charge in [0.1, 0.15) is 5.60 Å². The molecule has 8 nitrogen and oxygen atoms in total. The molecule has 142 valence electrons. The van der Waals surface area contributed by atoms with Gasteiger partial charge in [-0.3, -0.25) is 9.67 Å². The normalized spacial score (nSPS) is 13.2. The summed E-state index contributed by atoms with van der Waals surface area (Å²) in [5.41, 5.74) is -0.471. The molecule has 8 heteroatoms. The zero-order chi connectivity index (χ0) is 18.7. The molecular weight excluding hydrogens is 320 g/mol. The van der Waals surface area contributed by atoms with E-state index in [-0.39, 0.29) is 6.09 Å². The van der Waals surface area contributed by atoms with Crippen molar-refractivity contribution in [1.29, 1.82) is 0 Å². The van der Waals surface area contributed by atoms with Crippen LogP contribution >= 0.6 is 0 Å². The third kappa shape index (κ3) is 10.3. The van der Waals surface area contributed by atoms with Gasteiger partial charge in [0, 0.05) is 45.6 Å². The van der Waals surface area contributed by atoms with E-state index in [0.717, 1.165) is 25.5 Å². The quantitative estimate of drug-likeness (QED) is 0.375. The zero-order valence-electron chi connectivity index (χ0n) is 16.0. The lowest BCUT2D eigenvalue weighted by Gasteiger charge is -2.19. The summed E-state index contributed by atoms with van der Waals surface area (Å²) in [6, 6.07) is 1.92. The number of guanidine groups is 1. The van der Waals surface area contributed by atoms with Crippen molar-refractivity contribution >= 4 is 12.1 Å². The van der Waals surface area contributed by atoms with Crippen molar-refractivity contribution in [1.82, 2.24) is 25.7 Å². The van der Waals surface area contributed by atoms with E-state index in [1.807, 2.05) is 37.7 Å². The molecule has 1 amide bonds. The van der Waals surface area contributed by atoms with Crippen LogP contribution in [0, 0.1) is 5.92 Å².